The fraction of sp³-hybridized carbons (Fsp3) is 0.235. The number of nitrogens with one attached hydrogen (secondary N) is 2. The maximum atomic E-state index is 14.4. The Hall–Kier alpha value is -3.11. The Morgan fingerprint density at radius 3 is 2.42 bits per heavy atom. The van der Waals surface area contributed by atoms with Crippen molar-refractivity contribution >= 4 is 62.5 Å². The minimum atomic E-state index is -1.46. The second kappa shape index (κ2) is 15.5. The first kappa shape index (κ1) is 33.3. The number of halogens is 4. The Labute approximate surface area is 285 Å². The summed E-state index contributed by atoms with van der Waals surface area (Å²) in [4.78, 5) is 19.4. The number of hydrazine groups is 1. The Bertz CT molecular complexity index is 1650. The van der Waals surface area contributed by atoms with Gasteiger partial charge in [-0.1, -0.05) is 87.1 Å². The first-order chi connectivity index (χ1) is 21.8. The molecule has 5 rings (SSSR count). The van der Waals surface area contributed by atoms with Crippen molar-refractivity contribution in [2.45, 2.75) is 30.9 Å². The van der Waals surface area contributed by atoms with Crippen molar-refractivity contribution in [1.82, 2.24) is 10.9 Å². The molecule has 3 N–H and O–H groups in total. The second-order valence-electron chi connectivity index (χ2n) is 10.5. The molecule has 0 radical (unpaired) electrons. The van der Waals surface area contributed by atoms with Gasteiger partial charge in [0.1, 0.15) is 5.75 Å². The lowest BCUT2D eigenvalue weighted by molar-refractivity contribution is -0.130. The van der Waals surface area contributed by atoms with Gasteiger partial charge in [0, 0.05) is 56.7 Å². The molecule has 0 saturated carbocycles. The van der Waals surface area contributed by atoms with Crippen LogP contribution in [0.3, 0.4) is 0 Å². The minimum Gasteiger partial charge on any atom is -0.494 e. The Balaban J connectivity index is 1.50. The van der Waals surface area contributed by atoms with Crippen molar-refractivity contribution in [3.8, 4) is 5.75 Å². The summed E-state index contributed by atoms with van der Waals surface area (Å²) < 4.78 is 13.1. The molecular weight excluding hydrogens is 701 g/mol. The topological polar surface area (TPSA) is 92.2 Å². The van der Waals surface area contributed by atoms with E-state index in [-0.39, 0.29) is 24.8 Å². The van der Waals surface area contributed by atoms with Gasteiger partial charge >= 0.3 is 0 Å². The van der Waals surface area contributed by atoms with Gasteiger partial charge in [-0.2, -0.15) is 0 Å². The van der Waals surface area contributed by atoms with E-state index in [2.05, 4.69) is 26.8 Å². The SMILES string of the molecule is O=C(NNCCc1ccc(Cl)cc1)[C@@]1(Cc2ccccc2Br)N=C(c2ccc(OCCCO)cc2)O[C@H]1c1ccc(Cl)cc1Cl. The van der Waals surface area contributed by atoms with Crippen LogP contribution in [-0.4, -0.2) is 42.2 Å². The average Bonchev–Trinajstić information content (AvgIpc) is 3.42. The number of benzene rings is 4. The normalized spacial score (nSPS) is 17.4. The van der Waals surface area contributed by atoms with Crippen molar-refractivity contribution in [3.05, 3.63) is 133 Å². The van der Waals surface area contributed by atoms with E-state index in [0.717, 1.165) is 15.6 Å². The third kappa shape index (κ3) is 8.19. The van der Waals surface area contributed by atoms with Gasteiger partial charge in [0.05, 0.1) is 6.61 Å². The number of carbonyl (C=O) groups excluding carboxylic acids is 1. The molecule has 0 unspecified atom stereocenters. The van der Waals surface area contributed by atoms with E-state index >= 15 is 0 Å². The molecule has 0 aromatic heterocycles. The zero-order valence-electron chi connectivity index (χ0n) is 24.1. The predicted octanol–water partition coefficient (Wildman–Crippen LogP) is 7.53. The van der Waals surface area contributed by atoms with Crippen LogP contribution in [0.5, 0.6) is 5.75 Å². The molecule has 7 nitrogen and oxygen atoms in total. The van der Waals surface area contributed by atoms with Crippen molar-refractivity contribution in [2.75, 3.05) is 19.8 Å². The highest BCUT2D eigenvalue weighted by atomic mass is 79.9. The Morgan fingerprint density at radius 2 is 1.71 bits per heavy atom. The van der Waals surface area contributed by atoms with Crippen LogP contribution in [0.1, 0.15) is 34.8 Å². The fourth-order valence-corrected chi connectivity index (χ4v) is 6.07. The number of aliphatic hydroxyl groups excluding tert-OH is 1. The summed E-state index contributed by atoms with van der Waals surface area (Å²) >= 11 is 22.7. The molecule has 1 amide bonds. The summed E-state index contributed by atoms with van der Waals surface area (Å²) in [6, 6.07) is 27.6. The highest BCUT2D eigenvalue weighted by Crippen LogP contribution is 2.45. The van der Waals surface area contributed by atoms with E-state index in [0.29, 0.717) is 57.9 Å². The first-order valence-electron chi connectivity index (χ1n) is 14.4. The van der Waals surface area contributed by atoms with E-state index in [1.54, 1.807) is 30.3 Å². The molecule has 0 aliphatic carbocycles. The van der Waals surface area contributed by atoms with Crippen LogP contribution in [-0.2, 0) is 22.4 Å². The van der Waals surface area contributed by atoms with Crippen LogP contribution in [0.2, 0.25) is 15.1 Å². The number of amides is 1. The third-order valence-electron chi connectivity index (χ3n) is 7.35. The van der Waals surface area contributed by atoms with Gasteiger partial charge in [-0.3, -0.25) is 10.2 Å². The number of aliphatic hydroxyl groups is 1. The van der Waals surface area contributed by atoms with Gasteiger partial charge in [0.25, 0.3) is 5.91 Å². The maximum absolute atomic E-state index is 14.4. The number of ether oxygens (including phenoxy) is 2. The minimum absolute atomic E-state index is 0.0506. The summed E-state index contributed by atoms with van der Waals surface area (Å²) in [6.07, 6.45) is 0.512. The summed E-state index contributed by atoms with van der Waals surface area (Å²) in [6.45, 7) is 0.916. The largest absolute Gasteiger partial charge is 0.494 e. The molecule has 11 heteroatoms. The van der Waals surface area contributed by atoms with E-state index < -0.39 is 11.6 Å². The van der Waals surface area contributed by atoms with Gasteiger partial charge in [0.2, 0.25) is 5.90 Å². The number of hydrogen-bond acceptors (Lipinski definition) is 6. The molecule has 1 heterocycles. The molecule has 0 bridgehead atoms. The Morgan fingerprint density at radius 1 is 0.978 bits per heavy atom. The van der Waals surface area contributed by atoms with Crippen LogP contribution in [0.25, 0.3) is 0 Å². The van der Waals surface area contributed by atoms with Crippen LogP contribution < -0.4 is 15.6 Å². The molecule has 0 saturated heterocycles. The third-order valence-corrected chi connectivity index (χ3v) is 8.93. The summed E-state index contributed by atoms with van der Waals surface area (Å²) in [5.74, 6) is 0.547. The van der Waals surface area contributed by atoms with Gasteiger partial charge < -0.3 is 14.6 Å². The highest BCUT2D eigenvalue weighted by Gasteiger charge is 2.54. The van der Waals surface area contributed by atoms with E-state index in [1.165, 1.54) is 0 Å². The lowest BCUT2D eigenvalue weighted by atomic mass is 9.82. The van der Waals surface area contributed by atoms with Crippen LogP contribution in [0.4, 0.5) is 0 Å². The Kier molecular flexibility index (Phi) is 11.4. The number of carbonyl (C=O) groups is 1. The number of rotatable bonds is 13. The molecule has 4 aromatic carbocycles. The van der Waals surface area contributed by atoms with Crippen molar-refractivity contribution < 1.29 is 19.4 Å². The second-order valence-corrected chi connectivity index (χ2v) is 12.6. The molecular formula is C34H31BrCl3N3O4. The molecule has 0 fully saturated rings. The van der Waals surface area contributed by atoms with Gasteiger partial charge in [-0.25, -0.2) is 10.4 Å². The predicted molar refractivity (Wildman–Crippen MR) is 182 cm³/mol. The standard InChI is InChI=1S/C34H31BrCl3N3O4/c35-29-5-2-1-4-24(29)21-34(33(43)41-39-17-16-22-6-10-25(36)11-7-22)31(28-15-12-26(37)20-30(28)38)45-32(40-34)23-8-13-27(14-9-23)44-19-3-18-42/h1-2,4-15,20,31,39,42H,3,16-19,21H2,(H,41,43)/t31-,34-/m0/s1. The molecule has 234 valence electrons. The van der Waals surface area contributed by atoms with Crippen LogP contribution >= 0.6 is 50.7 Å². The number of hydrogen-bond donors (Lipinski definition) is 3. The number of aliphatic imine (C=N–C) groups is 1. The van der Waals surface area contributed by atoms with Crippen molar-refractivity contribution in [2.24, 2.45) is 4.99 Å². The van der Waals surface area contributed by atoms with E-state index in [4.69, 9.17) is 54.4 Å². The zero-order valence-corrected chi connectivity index (χ0v) is 28.0. The maximum Gasteiger partial charge on any atom is 0.266 e. The smallest absolute Gasteiger partial charge is 0.266 e. The first-order valence-corrected chi connectivity index (χ1v) is 16.3. The zero-order chi connectivity index (χ0) is 31.8. The van der Waals surface area contributed by atoms with Crippen LogP contribution in [0, 0.1) is 0 Å². The lowest BCUT2D eigenvalue weighted by Gasteiger charge is -2.31. The van der Waals surface area contributed by atoms with Crippen molar-refractivity contribution in [3.63, 3.8) is 0 Å². The molecule has 45 heavy (non-hydrogen) atoms. The van der Waals surface area contributed by atoms with E-state index in [9.17, 15) is 4.79 Å². The summed E-state index contributed by atoms with van der Waals surface area (Å²) in [5.41, 5.74) is 7.70. The molecule has 2 atom stereocenters. The van der Waals surface area contributed by atoms with Gasteiger partial charge in [0.15, 0.2) is 11.6 Å². The van der Waals surface area contributed by atoms with Gasteiger partial charge in [-0.15, -0.1) is 0 Å². The molecule has 1 aliphatic heterocycles. The fourth-order valence-electron chi connectivity index (χ4n) is 5.01. The average molecular weight is 732 g/mol. The lowest BCUT2D eigenvalue weighted by Crippen LogP contribution is -2.54. The number of nitrogens with zero attached hydrogens (tertiary/aromatic N) is 1. The van der Waals surface area contributed by atoms with Crippen LogP contribution in [0.15, 0.2) is 100 Å². The molecule has 1 aliphatic rings. The monoisotopic (exact) mass is 729 g/mol. The summed E-state index contributed by atoms with van der Waals surface area (Å²) in [5, 5.41) is 10.5. The van der Waals surface area contributed by atoms with Crippen molar-refractivity contribution in [1.29, 1.82) is 0 Å². The molecule has 4 aromatic rings. The quantitative estimate of drug-likeness (QED) is 0.0978. The molecule has 0 spiro atoms. The summed E-state index contributed by atoms with van der Waals surface area (Å²) in [7, 11) is 0. The van der Waals surface area contributed by atoms with E-state index in [1.807, 2.05) is 60.7 Å². The van der Waals surface area contributed by atoms with Gasteiger partial charge in [-0.05, 0) is 72.1 Å². The highest BCUT2D eigenvalue weighted by molar-refractivity contribution is 9.10.